The van der Waals surface area contributed by atoms with Crippen molar-refractivity contribution in [1.29, 1.82) is 0 Å². The van der Waals surface area contributed by atoms with Gasteiger partial charge in [-0.25, -0.2) is 4.39 Å². The van der Waals surface area contributed by atoms with Crippen LogP contribution in [0.2, 0.25) is 0 Å². The largest absolute Gasteiger partial charge is 0.497 e. The number of nitrogens with one attached hydrogen (secondary N) is 1. The highest BCUT2D eigenvalue weighted by molar-refractivity contribution is 5.29. The van der Waals surface area contributed by atoms with E-state index in [0.29, 0.717) is 0 Å². The quantitative estimate of drug-likeness (QED) is 0.850. The zero-order valence-electron chi connectivity index (χ0n) is 13.3. The number of hydrogen-bond donors (Lipinski definition) is 1. The van der Waals surface area contributed by atoms with E-state index >= 15 is 0 Å². The van der Waals surface area contributed by atoms with Crippen molar-refractivity contribution < 1.29 is 9.13 Å². The number of ether oxygens (including phenoxy) is 1. The molecule has 2 rings (SSSR count). The molecule has 0 fully saturated rings. The van der Waals surface area contributed by atoms with E-state index in [4.69, 9.17) is 4.74 Å². The van der Waals surface area contributed by atoms with Crippen molar-refractivity contribution in [2.45, 2.75) is 12.6 Å². The van der Waals surface area contributed by atoms with Crippen molar-refractivity contribution in [1.82, 2.24) is 10.2 Å². The normalized spacial score (nSPS) is 12.4. The number of benzene rings is 2. The Morgan fingerprint density at radius 1 is 1.05 bits per heavy atom. The molecule has 0 aromatic heterocycles. The molecule has 3 nitrogen and oxygen atoms in total. The molecule has 1 unspecified atom stereocenters. The third kappa shape index (κ3) is 4.55. The van der Waals surface area contributed by atoms with Crippen LogP contribution < -0.4 is 10.1 Å². The predicted octanol–water partition coefficient (Wildman–Crippen LogP) is 3.23. The Morgan fingerprint density at radius 2 is 1.68 bits per heavy atom. The van der Waals surface area contributed by atoms with Crippen LogP contribution in [0.5, 0.6) is 5.75 Å². The second-order valence-corrected chi connectivity index (χ2v) is 5.51. The average molecular weight is 302 g/mol. The van der Waals surface area contributed by atoms with Crippen molar-refractivity contribution in [3.05, 3.63) is 65.5 Å². The molecule has 0 amide bonds. The molecule has 0 radical (unpaired) electrons. The molecule has 0 bridgehead atoms. The summed E-state index contributed by atoms with van der Waals surface area (Å²) in [5, 5.41) is 3.43. The van der Waals surface area contributed by atoms with Crippen molar-refractivity contribution >= 4 is 0 Å². The molecule has 2 aromatic carbocycles. The fraction of sp³-hybridized carbons (Fsp3) is 0.333. The number of nitrogens with zero attached hydrogens (tertiary/aromatic N) is 1. The van der Waals surface area contributed by atoms with Gasteiger partial charge in [0.2, 0.25) is 0 Å². The number of halogens is 1. The van der Waals surface area contributed by atoms with Gasteiger partial charge in [-0.15, -0.1) is 0 Å². The minimum Gasteiger partial charge on any atom is -0.497 e. The molecule has 118 valence electrons. The van der Waals surface area contributed by atoms with Crippen LogP contribution >= 0.6 is 0 Å². The monoisotopic (exact) mass is 302 g/mol. The number of likely N-dealkylation sites (N-methyl/N-ethyl adjacent to an activating group) is 1. The molecule has 0 heterocycles. The smallest absolute Gasteiger partial charge is 0.123 e. The van der Waals surface area contributed by atoms with Gasteiger partial charge in [0.15, 0.2) is 0 Å². The van der Waals surface area contributed by atoms with Crippen LogP contribution in [0.15, 0.2) is 48.5 Å². The SMILES string of the molecule is COc1ccc(C(CNCc2ccc(F)cc2)N(C)C)cc1. The zero-order chi connectivity index (χ0) is 15.9. The highest BCUT2D eigenvalue weighted by Crippen LogP contribution is 2.20. The van der Waals surface area contributed by atoms with E-state index < -0.39 is 0 Å². The first-order chi connectivity index (χ1) is 10.6. The van der Waals surface area contributed by atoms with Gasteiger partial charge in [-0.05, 0) is 49.5 Å². The van der Waals surface area contributed by atoms with E-state index in [1.807, 2.05) is 12.1 Å². The summed E-state index contributed by atoms with van der Waals surface area (Å²) in [6.07, 6.45) is 0. The summed E-state index contributed by atoms with van der Waals surface area (Å²) >= 11 is 0. The fourth-order valence-corrected chi connectivity index (χ4v) is 2.38. The van der Waals surface area contributed by atoms with E-state index in [1.165, 1.54) is 17.7 Å². The first kappa shape index (κ1) is 16.5. The fourth-order valence-electron chi connectivity index (χ4n) is 2.38. The van der Waals surface area contributed by atoms with Crippen LogP contribution in [0.1, 0.15) is 17.2 Å². The molecule has 0 saturated heterocycles. The molecule has 1 N–H and O–H groups in total. The van der Waals surface area contributed by atoms with Crippen LogP contribution in [0.4, 0.5) is 4.39 Å². The third-order valence-electron chi connectivity index (χ3n) is 3.70. The van der Waals surface area contributed by atoms with Gasteiger partial charge in [0.25, 0.3) is 0 Å². The highest BCUT2D eigenvalue weighted by Gasteiger charge is 2.13. The second kappa shape index (κ2) is 7.92. The van der Waals surface area contributed by atoms with Crippen molar-refractivity contribution in [3.63, 3.8) is 0 Å². The van der Waals surface area contributed by atoms with Gasteiger partial charge in [-0.3, -0.25) is 0 Å². The van der Waals surface area contributed by atoms with Crippen LogP contribution in [-0.2, 0) is 6.54 Å². The molecule has 0 saturated carbocycles. The maximum absolute atomic E-state index is 12.9. The molecular weight excluding hydrogens is 279 g/mol. The summed E-state index contributed by atoms with van der Waals surface area (Å²) in [5.74, 6) is 0.661. The summed E-state index contributed by atoms with van der Waals surface area (Å²) in [6, 6.07) is 15.0. The lowest BCUT2D eigenvalue weighted by molar-refractivity contribution is 0.288. The second-order valence-electron chi connectivity index (χ2n) is 5.51. The highest BCUT2D eigenvalue weighted by atomic mass is 19.1. The van der Waals surface area contributed by atoms with Crippen molar-refractivity contribution in [2.24, 2.45) is 0 Å². The Bertz CT molecular complexity index is 567. The van der Waals surface area contributed by atoms with Gasteiger partial charge in [0, 0.05) is 19.1 Å². The Kier molecular flexibility index (Phi) is 5.92. The lowest BCUT2D eigenvalue weighted by Crippen LogP contribution is -2.30. The lowest BCUT2D eigenvalue weighted by atomic mass is 10.1. The minimum atomic E-state index is -0.201. The Balaban J connectivity index is 1.95. The topological polar surface area (TPSA) is 24.5 Å². The van der Waals surface area contributed by atoms with Gasteiger partial charge < -0.3 is 15.0 Å². The Morgan fingerprint density at radius 3 is 2.23 bits per heavy atom. The molecule has 0 spiro atoms. The number of methoxy groups -OCH3 is 1. The summed E-state index contributed by atoms with van der Waals surface area (Å²) < 4.78 is 18.1. The van der Waals surface area contributed by atoms with Crippen LogP contribution in [0, 0.1) is 5.82 Å². The van der Waals surface area contributed by atoms with E-state index in [1.54, 1.807) is 19.2 Å². The van der Waals surface area contributed by atoms with E-state index in [-0.39, 0.29) is 11.9 Å². The maximum atomic E-state index is 12.9. The molecule has 0 aliphatic rings. The van der Waals surface area contributed by atoms with E-state index in [9.17, 15) is 4.39 Å². The van der Waals surface area contributed by atoms with Crippen LogP contribution in [0.25, 0.3) is 0 Å². The summed E-state index contributed by atoms with van der Waals surface area (Å²) in [6.45, 7) is 1.54. The summed E-state index contributed by atoms with van der Waals surface area (Å²) in [4.78, 5) is 2.18. The van der Waals surface area contributed by atoms with Crippen molar-refractivity contribution in [2.75, 3.05) is 27.7 Å². The molecule has 1 atom stereocenters. The van der Waals surface area contributed by atoms with Crippen molar-refractivity contribution in [3.8, 4) is 5.75 Å². The van der Waals surface area contributed by atoms with Gasteiger partial charge in [0.05, 0.1) is 7.11 Å². The molecule has 0 aliphatic carbocycles. The predicted molar refractivity (Wildman–Crippen MR) is 87.5 cm³/mol. The molecule has 4 heteroatoms. The summed E-state index contributed by atoms with van der Waals surface area (Å²) in [5.41, 5.74) is 2.31. The zero-order valence-corrected chi connectivity index (χ0v) is 13.3. The minimum absolute atomic E-state index is 0.201. The molecule has 2 aromatic rings. The third-order valence-corrected chi connectivity index (χ3v) is 3.70. The Hall–Kier alpha value is -1.91. The molecular formula is C18H23FN2O. The maximum Gasteiger partial charge on any atom is 0.123 e. The number of hydrogen-bond acceptors (Lipinski definition) is 3. The Labute approximate surface area is 131 Å². The molecule has 0 aliphatic heterocycles. The lowest BCUT2D eigenvalue weighted by Gasteiger charge is -2.25. The summed E-state index contributed by atoms with van der Waals surface area (Å²) in [7, 11) is 5.80. The van der Waals surface area contributed by atoms with Gasteiger partial charge in [-0.2, -0.15) is 0 Å². The average Bonchev–Trinajstić information content (AvgIpc) is 2.53. The van der Waals surface area contributed by atoms with Crippen LogP contribution in [-0.4, -0.2) is 32.6 Å². The van der Waals surface area contributed by atoms with Gasteiger partial charge in [0.1, 0.15) is 11.6 Å². The molecule has 22 heavy (non-hydrogen) atoms. The van der Waals surface area contributed by atoms with Gasteiger partial charge in [-0.1, -0.05) is 24.3 Å². The van der Waals surface area contributed by atoms with E-state index in [0.717, 1.165) is 24.4 Å². The first-order valence-electron chi connectivity index (χ1n) is 7.35. The van der Waals surface area contributed by atoms with Gasteiger partial charge >= 0.3 is 0 Å². The number of rotatable bonds is 7. The first-order valence-corrected chi connectivity index (χ1v) is 7.35. The van der Waals surface area contributed by atoms with Crippen LogP contribution in [0.3, 0.4) is 0 Å². The standard InChI is InChI=1S/C18H23FN2O/c1-21(2)18(15-6-10-17(22-3)11-7-15)13-20-12-14-4-8-16(19)9-5-14/h4-11,18,20H,12-13H2,1-3H3. The van der Waals surface area contributed by atoms with E-state index in [2.05, 4.69) is 36.4 Å².